The Kier molecular flexibility index (Phi) is 6.98. The van der Waals surface area contributed by atoms with Gasteiger partial charge in [0.2, 0.25) is 15.9 Å². The van der Waals surface area contributed by atoms with Crippen molar-refractivity contribution in [3.63, 3.8) is 0 Å². The average molecular weight is 499 g/mol. The summed E-state index contributed by atoms with van der Waals surface area (Å²) in [5, 5.41) is 4.50. The molecule has 0 aliphatic carbocycles. The third-order valence-corrected chi connectivity index (χ3v) is 10.8. The van der Waals surface area contributed by atoms with Gasteiger partial charge >= 0.3 is 0 Å². The van der Waals surface area contributed by atoms with Crippen molar-refractivity contribution in [3.05, 3.63) is 41.8 Å². The topological polar surface area (TPSA) is 107 Å². The molecule has 3 heterocycles. The second kappa shape index (κ2) is 9.57. The zero-order valence-electron chi connectivity index (χ0n) is 17.5. The number of amides is 1. The number of anilines is 1. The normalized spacial score (nSPS) is 19.2. The molecule has 1 aromatic heterocycles. The molecule has 32 heavy (non-hydrogen) atoms. The van der Waals surface area contributed by atoms with Crippen molar-refractivity contribution in [1.29, 1.82) is 0 Å². The van der Waals surface area contributed by atoms with Crippen LogP contribution in [0.3, 0.4) is 0 Å². The lowest BCUT2D eigenvalue weighted by molar-refractivity contribution is -0.117. The van der Waals surface area contributed by atoms with E-state index >= 15 is 0 Å². The van der Waals surface area contributed by atoms with Gasteiger partial charge in [-0.2, -0.15) is 8.61 Å². The van der Waals surface area contributed by atoms with Crippen LogP contribution in [0.4, 0.5) is 5.69 Å². The number of thiophene rings is 1. The van der Waals surface area contributed by atoms with Crippen LogP contribution >= 0.6 is 11.3 Å². The summed E-state index contributed by atoms with van der Waals surface area (Å²) in [5.41, 5.74) is 0.425. The molecule has 0 atom stereocenters. The highest BCUT2D eigenvalue weighted by Crippen LogP contribution is 2.24. The number of nitrogens with zero attached hydrogens (tertiary/aromatic N) is 3. The molecule has 0 bridgehead atoms. The first-order chi connectivity index (χ1) is 15.3. The van der Waals surface area contributed by atoms with Crippen LogP contribution in [-0.4, -0.2) is 82.1 Å². The maximum Gasteiger partial charge on any atom is 0.252 e. The van der Waals surface area contributed by atoms with Crippen LogP contribution in [0.5, 0.6) is 0 Å². The summed E-state index contributed by atoms with van der Waals surface area (Å²) in [6, 6.07) is 9.61. The van der Waals surface area contributed by atoms with Crippen molar-refractivity contribution in [3.8, 4) is 0 Å². The van der Waals surface area contributed by atoms with Gasteiger partial charge in [0.25, 0.3) is 10.0 Å². The van der Waals surface area contributed by atoms with Crippen molar-refractivity contribution >= 4 is 43.0 Å². The van der Waals surface area contributed by atoms with E-state index in [1.54, 1.807) is 29.6 Å². The molecule has 0 unspecified atom stereocenters. The fourth-order valence-corrected chi connectivity index (χ4v) is 8.01. The summed E-state index contributed by atoms with van der Waals surface area (Å²) in [6.07, 6.45) is 1.72. The predicted molar refractivity (Wildman–Crippen MR) is 123 cm³/mol. The zero-order chi connectivity index (χ0) is 22.8. The van der Waals surface area contributed by atoms with Gasteiger partial charge in [-0.05, 0) is 42.5 Å². The van der Waals surface area contributed by atoms with E-state index in [0.717, 1.165) is 12.8 Å². The van der Waals surface area contributed by atoms with E-state index in [9.17, 15) is 21.6 Å². The highest BCUT2D eigenvalue weighted by molar-refractivity contribution is 7.91. The minimum Gasteiger partial charge on any atom is -0.325 e. The summed E-state index contributed by atoms with van der Waals surface area (Å²) < 4.78 is 53.9. The first-order valence-electron chi connectivity index (χ1n) is 10.4. The minimum atomic E-state index is -3.55. The Morgan fingerprint density at radius 1 is 0.875 bits per heavy atom. The summed E-state index contributed by atoms with van der Waals surface area (Å²) >= 11 is 1.19. The zero-order valence-corrected chi connectivity index (χ0v) is 20.0. The van der Waals surface area contributed by atoms with Crippen LogP contribution in [0.15, 0.2) is 50.9 Å². The number of carbonyl (C=O) groups excluding carboxylic acids is 1. The maximum absolute atomic E-state index is 12.7. The molecule has 12 heteroatoms. The van der Waals surface area contributed by atoms with Gasteiger partial charge in [-0.25, -0.2) is 16.8 Å². The van der Waals surface area contributed by atoms with E-state index in [1.165, 1.54) is 32.1 Å². The van der Waals surface area contributed by atoms with E-state index in [-0.39, 0.29) is 17.3 Å². The Morgan fingerprint density at radius 2 is 1.56 bits per heavy atom. The molecule has 0 radical (unpaired) electrons. The molecule has 2 aromatic rings. The average Bonchev–Trinajstić information content (AvgIpc) is 3.49. The molecule has 2 saturated heterocycles. The Balaban J connectivity index is 1.32. The van der Waals surface area contributed by atoms with Gasteiger partial charge in [0, 0.05) is 45.0 Å². The molecule has 0 spiro atoms. The molecule has 174 valence electrons. The van der Waals surface area contributed by atoms with Crippen molar-refractivity contribution in [2.75, 3.05) is 51.1 Å². The number of hydrogen-bond donors (Lipinski definition) is 1. The van der Waals surface area contributed by atoms with Gasteiger partial charge in [0.15, 0.2) is 0 Å². The minimum absolute atomic E-state index is 0.107. The van der Waals surface area contributed by atoms with Crippen LogP contribution in [0.2, 0.25) is 0 Å². The first kappa shape index (κ1) is 23.3. The monoisotopic (exact) mass is 498 g/mol. The quantitative estimate of drug-likeness (QED) is 0.620. The second-order valence-electron chi connectivity index (χ2n) is 7.80. The molecule has 1 aromatic carbocycles. The standard InChI is InChI=1S/C20H26N4O5S3/c25-19(16-22-10-12-24(13-11-22)32(28,29)20-7-4-14-30-20)21-17-5-3-6-18(15-17)31(26,27)23-8-1-2-9-23/h3-7,14-15H,1-2,8-13,16H2,(H,21,25). The number of hydrogen-bond acceptors (Lipinski definition) is 7. The third kappa shape index (κ3) is 5.05. The van der Waals surface area contributed by atoms with Crippen molar-refractivity contribution in [2.24, 2.45) is 0 Å². The number of piperazine rings is 1. The molecule has 1 N–H and O–H groups in total. The van der Waals surface area contributed by atoms with E-state index < -0.39 is 20.0 Å². The summed E-state index contributed by atoms with van der Waals surface area (Å²) in [5.74, 6) is -0.268. The third-order valence-electron chi connectivity index (χ3n) is 5.61. The lowest BCUT2D eigenvalue weighted by Gasteiger charge is -2.33. The van der Waals surface area contributed by atoms with Crippen molar-refractivity contribution < 1.29 is 21.6 Å². The number of rotatable bonds is 7. The van der Waals surface area contributed by atoms with E-state index in [1.807, 2.05) is 4.90 Å². The Bertz CT molecular complexity index is 1150. The number of nitrogens with one attached hydrogen (secondary N) is 1. The molecule has 0 saturated carbocycles. The second-order valence-corrected chi connectivity index (χ2v) is 12.8. The fourth-order valence-electron chi connectivity index (χ4n) is 3.88. The van der Waals surface area contributed by atoms with Crippen LogP contribution in [0, 0.1) is 0 Å². The van der Waals surface area contributed by atoms with E-state index in [0.29, 0.717) is 49.2 Å². The number of sulfonamides is 2. The molecular formula is C20H26N4O5S3. The molecular weight excluding hydrogens is 472 g/mol. The summed E-state index contributed by atoms with van der Waals surface area (Å²) in [4.78, 5) is 14.6. The van der Waals surface area contributed by atoms with Gasteiger partial charge < -0.3 is 5.32 Å². The van der Waals surface area contributed by atoms with Crippen LogP contribution in [-0.2, 0) is 24.8 Å². The van der Waals surface area contributed by atoms with Gasteiger partial charge in [-0.1, -0.05) is 12.1 Å². The number of carbonyl (C=O) groups is 1. The van der Waals surface area contributed by atoms with Crippen LogP contribution in [0.25, 0.3) is 0 Å². The highest BCUT2D eigenvalue weighted by Gasteiger charge is 2.30. The predicted octanol–water partition coefficient (Wildman–Crippen LogP) is 1.48. The fraction of sp³-hybridized carbons (Fsp3) is 0.450. The first-order valence-corrected chi connectivity index (χ1v) is 14.2. The molecule has 2 fully saturated rings. The number of benzene rings is 1. The smallest absolute Gasteiger partial charge is 0.252 e. The SMILES string of the molecule is O=C(CN1CCN(S(=O)(=O)c2cccs2)CC1)Nc1cccc(S(=O)(=O)N2CCCC2)c1. The lowest BCUT2D eigenvalue weighted by atomic mass is 10.3. The molecule has 2 aliphatic rings. The van der Waals surface area contributed by atoms with Crippen molar-refractivity contribution in [1.82, 2.24) is 13.5 Å². The molecule has 2 aliphatic heterocycles. The Morgan fingerprint density at radius 3 is 2.22 bits per heavy atom. The van der Waals surface area contributed by atoms with Crippen LogP contribution < -0.4 is 5.32 Å². The Hall–Kier alpha value is -1.83. The van der Waals surface area contributed by atoms with Crippen LogP contribution in [0.1, 0.15) is 12.8 Å². The van der Waals surface area contributed by atoms with E-state index in [2.05, 4.69) is 5.32 Å². The Labute approximate surface area is 192 Å². The van der Waals surface area contributed by atoms with Gasteiger partial charge in [-0.15, -0.1) is 11.3 Å². The summed E-state index contributed by atoms with van der Waals surface area (Å²) in [7, 11) is -7.03. The lowest BCUT2D eigenvalue weighted by Crippen LogP contribution is -2.50. The summed E-state index contributed by atoms with van der Waals surface area (Å²) in [6.45, 7) is 2.67. The largest absolute Gasteiger partial charge is 0.325 e. The van der Waals surface area contributed by atoms with E-state index in [4.69, 9.17) is 0 Å². The molecule has 9 nitrogen and oxygen atoms in total. The van der Waals surface area contributed by atoms with Crippen molar-refractivity contribution in [2.45, 2.75) is 21.9 Å². The van der Waals surface area contributed by atoms with Gasteiger partial charge in [0.1, 0.15) is 4.21 Å². The highest BCUT2D eigenvalue weighted by atomic mass is 32.2. The van der Waals surface area contributed by atoms with Gasteiger partial charge in [-0.3, -0.25) is 9.69 Å². The molecule has 1 amide bonds. The maximum atomic E-state index is 12.7. The van der Waals surface area contributed by atoms with Gasteiger partial charge in [0.05, 0.1) is 11.4 Å². The molecule has 4 rings (SSSR count).